The van der Waals surface area contributed by atoms with Gasteiger partial charge in [0, 0.05) is 32.1 Å². The summed E-state index contributed by atoms with van der Waals surface area (Å²) in [5.41, 5.74) is 0. The molecule has 1 N–H and O–H groups in total. The van der Waals surface area contributed by atoms with Crippen LogP contribution in [-0.2, 0) is 9.59 Å². The summed E-state index contributed by atoms with van der Waals surface area (Å²) >= 11 is 0. The molecule has 0 bridgehead atoms. The van der Waals surface area contributed by atoms with E-state index < -0.39 is 0 Å². The van der Waals surface area contributed by atoms with Gasteiger partial charge in [0.1, 0.15) is 6.04 Å². The molecule has 0 aromatic carbocycles. The molecule has 2 rings (SSSR count). The van der Waals surface area contributed by atoms with Crippen LogP contribution in [0.3, 0.4) is 0 Å². The molecule has 0 saturated carbocycles. The zero-order chi connectivity index (χ0) is 11.7. The summed E-state index contributed by atoms with van der Waals surface area (Å²) in [5.74, 6) is 0.0894. The molecule has 16 heavy (non-hydrogen) atoms. The number of likely N-dealkylation sites (N-methyl/N-ethyl adjacent to an activating group) is 1. The number of carbonyl (C=O) groups excluding carboxylic acids is 2. The van der Waals surface area contributed by atoms with Crippen LogP contribution < -0.4 is 5.32 Å². The lowest BCUT2D eigenvalue weighted by atomic mass is 10.1. The van der Waals surface area contributed by atoms with Gasteiger partial charge in [0.05, 0.1) is 0 Å². The Morgan fingerprint density at radius 2 is 2.19 bits per heavy atom. The van der Waals surface area contributed by atoms with Crippen molar-refractivity contribution >= 4 is 11.8 Å². The van der Waals surface area contributed by atoms with E-state index in [1.54, 1.807) is 0 Å². The SMILES string of the molecule is C[C@H]1CN(C)CCN1C(=O)[C@H]1CCC(=O)N1. The number of nitrogens with one attached hydrogen (secondary N) is 1. The second kappa shape index (κ2) is 4.41. The summed E-state index contributed by atoms with van der Waals surface area (Å²) in [4.78, 5) is 27.4. The predicted octanol–water partition coefficient (Wildman–Crippen LogP) is -0.572. The Balaban J connectivity index is 1.96. The zero-order valence-corrected chi connectivity index (χ0v) is 9.90. The predicted molar refractivity (Wildman–Crippen MR) is 59.8 cm³/mol. The van der Waals surface area contributed by atoms with Crippen LogP contribution in [0.25, 0.3) is 0 Å². The quantitative estimate of drug-likeness (QED) is 0.650. The minimum absolute atomic E-state index is 0.000121. The zero-order valence-electron chi connectivity index (χ0n) is 9.90. The molecule has 0 unspecified atom stereocenters. The lowest BCUT2D eigenvalue weighted by Gasteiger charge is -2.39. The number of nitrogens with zero attached hydrogens (tertiary/aromatic N) is 2. The summed E-state index contributed by atoms with van der Waals surface area (Å²) in [6, 6.07) is -0.0397. The van der Waals surface area contributed by atoms with E-state index in [1.165, 1.54) is 0 Å². The van der Waals surface area contributed by atoms with Crippen LogP contribution in [0.15, 0.2) is 0 Å². The summed E-state index contributed by atoms with van der Waals surface area (Å²) in [6.45, 7) is 4.65. The normalized spacial score (nSPS) is 31.6. The van der Waals surface area contributed by atoms with Gasteiger partial charge in [-0.2, -0.15) is 0 Å². The average Bonchev–Trinajstić information content (AvgIpc) is 2.64. The molecule has 2 amide bonds. The third-order valence-corrected chi connectivity index (χ3v) is 3.41. The van der Waals surface area contributed by atoms with Crippen molar-refractivity contribution in [2.24, 2.45) is 0 Å². The Morgan fingerprint density at radius 3 is 2.75 bits per heavy atom. The Labute approximate surface area is 95.8 Å². The minimum atomic E-state index is -0.279. The van der Waals surface area contributed by atoms with E-state index in [1.807, 2.05) is 4.90 Å². The van der Waals surface area contributed by atoms with E-state index in [0.29, 0.717) is 12.8 Å². The van der Waals surface area contributed by atoms with Gasteiger partial charge in [-0.15, -0.1) is 0 Å². The highest BCUT2D eigenvalue weighted by atomic mass is 16.2. The molecule has 2 saturated heterocycles. The van der Waals surface area contributed by atoms with Crippen LogP contribution in [0.5, 0.6) is 0 Å². The van der Waals surface area contributed by atoms with Crippen molar-refractivity contribution in [3.8, 4) is 0 Å². The van der Waals surface area contributed by atoms with Crippen molar-refractivity contribution in [2.75, 3.05) is 26.7 Å². The molecule has 2 fully saturated rings. The van der Waals surface area contributed by atoms with Crippen molar-refractivity contribution in [3.05, 3.63) is 0 Å². The van der Waals surface area contributed by atoms with Crippen LogP contribution in [0, 0.1) is 0 Å². The molecule has 0 spiro atoms. The summed E-state index contributed by atoms with van der Waals surface area (Å²) in [6.07, 6.45) is 1.13. The highest BCUT2D eigenvalue weighted by Crippen LogP contribution is 2.14. The monoisotopic (exact) mass is 225 g/mol. The first-order chi connectivity index (χ1) is 7.58. The van der Waals surface area contributed by atoms with E-state index in [9.17, 15) is 9.59 Å². The van der Waals surface area contributed by atoms with Gasteiger partial charge in [0.25, 0.3) is 0 Å². The molecule has 0 aliphatic carbocycles. The second-order valence-electron chi connectivity index (χ2n) is 4.80. The van der Waals surface area contributed by atoms with Crippen molar-refractivity contribution in [1.29, 1.82) is 0 Å². The fourth-order valence-corrected chi connectivity index (χ4v) is 2.47. The summed E-state index contributed by atoms with van der Waals surface area (Å²) in [7, 11) is 2.07. The second-order valence-corrected chi connectivity index (χ2v) is 4.80. The number of amides is 2. The molecule has 0 aromatic heterocycles. The maximum absolute atomic E-state index is 12.2. The third-order valence-electron chi connectivity index (χ3n) is 3.41. The number of piperazine rings is 1. The van der Waals surface area contributed by atoms with Crippen molar-refractivity contribution in [3.63, 3.8) is 0 Å². The molecule has 2 aliphatic rings. The van der Waals surface area contributed by atoms with Crippen molar-refractivity contribution < 1.29 is 9.59 Å². The summed E-state index contributed by atoms with van der Waals surface area (Å²) in [5, 5.41) is 2.74. The van der Waals surface area contributed by atoms with Crippen LogP contribution in [0.2, 0.25) is 0 Å². The molecule has 5 nitrogen and oxygen atoms in total. The Morgan fingerprint density at radius 1 is 1.44 bits per heavy atom. The van der Waals surface area contributed by atoms with Crippen molar-refractivity contribution in [1.82, 2.24) is 15.1 Å². The smallest absolute Gasteiger partial charge is 0.245 e. The van der Waals surface area contributed by atoms with Gasteiger partial charge in [0.15, 0.2) is 0 Å². The van der Waals surface area contributed by atoms with Crippen LogP contribution >= 0.6 is 0 Å². The molecular weight excluding hydrogens is 206 g/mol. The van der Waals surface area contributed by atoms with E-state index in [-0.39, 0.29) is 23.9 Å². The van der Waals surface area contributed by atoms with Crippen LogP contribution in [0.1, 0.15) is 19.8 Å². The molecule has 0 aromatic rings. The Bertz CT molecular complexity index is 306. The average molecular weight is 225 g/mol. The van der Waals surface area contributed by atoms with Gasteiger partial charge < -0.3 is 15.1 Å². The van der Waals surface area contributed by atoms with Gasteiger partial charge in [-0.25, -0.2) is 0 Å². The topological polar surface area (TPSA) is 52.7 Å². The number of hydrogen-bond donors (Lipinski definition) is 1. The lowest BCUT2D eigenvalue weighted by molar-refractivity contribution is -0.138. The first kappa shape index (κ1) is 11.4. The fraction of sp³-hybridized carbons (Fsp3) is 0.818. The molecular formula is C11H19N3O2. The molecule has 2 heterocycles. The van der Waals surface area contributed by atoms with E-state index in [4.69, 9.17) is 0 Å². The van der Waals surface area contributed by atoms with Gasteiger partial charge in [-0.05, 0) is 20.4 Å². The molecule has 2 atom stereocenters. The van der Waals surface area contributed by atoms with Crippen LogP contribution in [-0.4, -0.2) is 60.4 Å². The first-order valence-electron chi connectivity index (χ1n) is 5.86. The number of hydrogen-bond acceptors (Lipinski definition) is 3. The van der Waals surface area contributed by atoms with E-state index in [0.717, 1.165) is 19.6 Å². The maximum Gasteiger partial charge on any atom is 0.245 e. The largest absolute Gasteiger partial charge is 0.344 e. The summed E-state index contributed by atoms with van der Waals surface area (Å²) < 4.78 is 0. The number of carbonyl (C=O) groups is 2. The van der Waals surface area contributed by atoms with Crippen LogP contribution in [0.4, 0.5) is 0 Å². The highest BCUT2D eigenvalue weighted by Gasteiger charge is 2.34. The molecule has 5 heteroatoms. The van der Waals surface area contributed by atoms with E-state index >= 15 is 0 Å². The maximum atomic E-state index is 12.2. The molecule has 2 aliphatic heterocycles. The van der Waals surface area contributed by atoms with E-state index in [2.05, 4.69) is 24.2 Å². The Kier molecular flexibility index (Phi) is 3.14. The highest BCUT2D eigenvalue weighted by molar-refractivity contribution is 5.91. The third kappa shape index (κ3) is 2.19. The Hall–Kier alpha value is -1.10. The number of rotatable bonds is 1. The lowest BCUT2D eigenvalue weighted by Crippen LogP contribution is -2.56. The van der Waals surface area contributed by atoms with Gasteiger partial charge >= 0.3 is 0 Å². The van der Waals surface area contributed by atoms with Gasteiger partial charge in [0.2, 0.25) is 11.8 Å². The standard InChI is InChI=1S/C11H19N3O2/c1-8-7-13(2)5-6-14(8)11(16)9-3-4-10(15)12-9/h8-9H,3-7H2,1-2H3,(H,12,15)/t8-,9+/m0/s1. The van der Waals surface area contributed by atoms with Gasteiger partial charge in [-0.1, -0.05) is 0 Å². The fourth-order valence-electron chi connectivity index (χ4n) is 2.47. The van der Waals surface area contributed by atoms with Crippen molar-refractivity contribution in [2.45, 2.75) is 31.8 Å². The molecule has 0 radical (unpaired) electrons. The minimum Gasteiger partial charge on any atom is -0.344 e. The van der Waals surface area contributed by atoms with Gasteiger partial charge in [-0.3, -0.25) is 9.59 Å². The molecule has 90 valence electrons. The first-order valence-corrected chi connectivity index (χ1v) is 5.86.